The van der Waals surface area contributed by atoms with Gasteiger partial charge in [0.2, 0.25) is 5.91 Å². The van der Waals surface area contributed by atoms with Crippen LogP contribution in [0.1, 0.15) is 44.5 Å². The van der Waals surface area contributed by atoms with E-state index in [0.717, 1.165) is 36.2 Å². The molecule has 0 aromatic carbocycles. The van der Waals surface area contributed by atoms with Crippen LogP contribution in [0.25, 0.3) is 0 Å². The van der Waals surface area contributed by atoms with Gasteiger partial charge in [-0.25, -0.2) is 0 Å². The smallest absolute Gasteiger partial charge is 0.230 e. The number of rotatable bonds is 4. The number of hydrogen-bond donors (Lipinski definition) is 1. The van der Waals surface area contributed by atoms with E-state index >= 15 is 0 Å². The van der Waals surface area contributed by atoms with Crippen molar-refractivity contribution in [2.45, 2.75) is 53.5 Å². The van der Waals surface area contributed by atoms with Crippen LogP contribution < -0.4 is 5.32 Å². The van der Waals surface area contributed by atoms with Crippen molar-refractivity contribution in [1.29, 1.82) is 0 Å². The lowest BCUT2D eigenvalue weighted by Crippen LogP contribution is -2.42. The van der Waals surface area contributed by atoms with Crippen molar-refractivity contribution in [3.63, 3.8) is 0 Å². The molecule has 3 rings (SSSR count). The first-order chi connectivity index (χ1) is 10.7. The van der Waals surface area contributed by atoms with Crippen LogP contribution in [-0.4, -0.2) is 22.2 Å². The number of carbonyl (C=O) groups is 1. The number of halogens is 1. The van der Waals surface area contributed by atoms with E-state index in [1.54, 1.807) is 0 Å². The number of nitrogens with zero attached hydrogens (tertiary/aromatic N) is 2. The van der Waals surface area contributed by atoms with E-state index in [1.165, 1.54) is 0 Å². The highest BCUT2D eigenvalue weighted by Crippen LogP contribution is 2.65. The Morgan fingerprint density at radius 1 is 1.48 bits per heavy atom. The molecule has 2 atom stereocenters. The lowest BCUT2D eigenvalue weighted by Gasteiger charge is -2.37. The topological polar surface area (TPSA) is 46.9 Å². The van der Waals surface area contributed by atoms with Crippen LogP contribution >= 0.6 is 11.6 Å². The van der Waals surface area contributed by atoms with E-state index in [-0.39, 0.29) is 16.7 Å². The Labute approximate surface area is 143 Å². The lowest BCUT2D eigenvalue weighted by atomic mass is 9.68. The third kappa shape index (κ3) is 2.34. The molecule has 2 fully saturated rings. The lowest BCUT2D eigenvalue weighted by molar-refractivity contribution is -0.128. The Bertz CT molecular complexity index is 676. The number of amides is 1. The summed E-state index contributed by atoms with van der Waals surface area (Å²) < 4.78 is 1.86. The normalized spacial score (nSPS) is 28.4. The summed E-state index contributed by atoms with van der Waals surface area (Å²) in [7, 11) is 0. The van der Waals surface area contributed by atoms with Crippen molar-refractivity contribution in [1.82, 2.24) is 15.1 Å². The van der Waals surface area contributed by atoms with Crippen LogP contribution in [0.4, 0.5) is 0 Å². The maximum atomic E-state index is 12.8. The van der Waals surface area contributed by atoms with Crippen molar-refractivity contribution in [2.24, 2.45) is 16.7 Å². The number of aryl methyl sites for hydroxylation is 1. The van der Waals surface area contributed by atoms with E-state index in [9.17, 15) is 4.79 Å². The molecule has 1 N–H and O–H groups in total. The first-order valence-electron chi connectivity index (χ1n) is 8.38. The molecule has 126 valence electrons. The molecule has 1 aromatic rings. The summed E-state index contributed by atoms with van der Waals surface area (Å²) in [6.07, 6.45) is 3.03. The molecule has 4 nitrogen and oxygen atoms in total. The molecule has 0 aliphatic heterocycles. The predicted octanol–water partition coefficient (Wildman–Crippen LogP) is 3.65. The summed E-state index contributed by atoms with van der Waals surface area (Å²) in [5, 5.41) is 8.22. The van der Waals surface area contributed by atoms with Crippen molar-refractivity contribution < 1.29 is 4.79 Å². The molecule has 2 aliphatic carbocycles. The Kier molecular flexibility index (Phi) is 3.87. The minimum absolute atomic E-state index is 0.0821. The maximum absolute atomic E-state index is 12.8. The van der Waals surface area contributed by atoms with Crippen molar-refractivity contribution in [2.75, 3.05) is 6.54 Å². The van der Waals surface area contributed by atoms with Gasteiger partial charge in [0.05, 0.1) is 28.4 Å². The molecule has 0 spiro atoms. The third-order valence-electron chi connectivity index (χ3n) is 6.23. The van der Waals surface area contributed by atoms with Gasteiger partial charge in [0, 0.05) is 6.54 Å². The molecule has 0 radical (unpaired) electrons. The van der Waals surface area contributed by atoms with Crippen LogP contribution in [0.15, 0.2) is 12.2 Å². The van der Waals surface area contributed by atoms with Crippen LogP contribution in [-0.2, 0) is 11.3 Å². The summed E-state index contributed by atoms with van der Waals surface area (Å²) in [6, 6.07) is 0. The fourth-order valence-electron chi connectivity index (χ4n) is 4.48. The van der Waals surface area contributed by atoms with E-state index in [4.69, 9.17) is 11.6 Å². The monoisotopic (exact) mass is 335 g/mol. The zero-order valence-corrected chi connectivity index (χ0v) is 15.3. The highest BCUT2D eigenvalue weighted by Gasteiger charge is 2.60. The van der Waals surface area contributed by atoms with Gasteiger partial charge in [-0.3, -0.25) is 9.48 Å². The second-order valence-electron chi connectivity index (χ2n) is 7.69. The average molecular weight is 336 g/mol. The summed E-state index contributed by atoms with van der Waals surface area (Å²) in [4.78, 5) is 12.8. The van der Waals surface area contributed by atoms with Gasteiger partial charge >= 0.3 is 0 Å². The van der Waals surface area contributed by atoms with Gasteiger partial charge in [0.1, 0.15) is 0 Å². The molecule has 1 aromatic heterocycles. The fraction of sp³-hybridized carbons (Fsp3) is 0.667. The average Bonchev–Trinajstić information content (AvgIpc) is 3.11. The Balaban J connectivity index is 1.64. The first kappa shape index (κ1) is 16.6. The molecule has 2 bridgehead atoms. The second-order valence-corrected chi connectivity index (χ2v) is 8.06. The Morgan fingerprint density at radius 3 is 2.70 bits per heavy atom. The summed E-state index contributed by atoms with van der Waals surface area (Å²) in [6.45, 7) is 13.8. The van der Waals surface area contributed by atoms with Gasteiger partial charge < -0.3 is 5.32 Å². The zero-order chi connectivity index (χ0) is 17.0. The quantitative estimate of drug-likeness (QED) is 0.854. The molecule has 1 amide bonds. The molecule has 5 heteroatoms. The Morgan fingerprint density at radius 2 is 2.17 bits per heavy atom. The van der Waals surface area contributed by atoms with Gasteiger partial charge in [-0.15, -0.1) is 0 Å². The molecule has 1 heterocycles. The van der Waals surface area contributed by atoms with Gasteiger partial charge in [-0.1, -0.05) is 37.6 Å². The van der Waals surface area contributed by atoms with Crippen molar-refractivity contribution in [3.05, 3.63) is 28.6 Å². The molecule has 23 heavy (non-hydrogen) atoms. The van der Waals surface area contributed by atoms with Gasteiger partial charge in [-0.05, 0) is 44.4 Å². The predicted molar refractivity (Wildman–Crippen MR) is 92.4 cm³/mol. The minimum Gasteiger partial charge on any atom is -0.353 e. The van der Waals surface area contributed by atoms with Gasteiger partial charge in [0.15, 0.2) is 0 Å². The zero-order valence-electron chi connectivity index (χ0n) is 14.5. The summed E-state index contributed by atoms with van der Waals surface area (Å²) in [5.41, 5.74) is 2.63. The molecule has 2 aliphatic rings. The standard InChI is InChI=1S/C18H26ClN3O/c1-11-15(19)12(2)22(21-11)9-8-20-16(23)18-7-6-14(10-18)17(4,5)13(18)3/h14H,3,6-10H2,1-2,4-5H3,(H,20,23)/t14-,18+/m1/s1. The third-order valence-corrected chi connectivity index (χ3v) is 6.77. The summed E-state index contributed by atoms with van der Waals surface area (Å²) >= 11 is 6.16. The van der Waals surface area contributed by atoms with Gasteiger partial charge in [-0.2, -0.15) is 5.10 Å². The van der Waals surface area contributed by atoms with Gasteiger partial charge in [0.25, 0.3) is 0 Å². The fourth-order valence-corrected chi connectivity index (χ4v) is 4.61. The number of aromatic nitrogens is 2. The first-order valence-corrected chi connectivity index (χ1v) is 8.75. The van der Waals surface area contributed by atoms with E-state index in [1.807, 2.05) is 18.5 Å². The van der Waals surface area contributed by atoms with Crippen LogP contribution in [0.3, 0.4) is 0 Å². The van der Waals surface area contributed by atoms with Crippen molar-refractivity contribution in [3.8, 4) is 0 Å². The SMILES string of the molecule is C=C1C(C)(C)[C@@H]2CC[C@]1(C(=O)NCCn1nc(C)c(Cl)c1C)C2. The minimum atomic E-state index is -0.346. The van der Waals surface area contributed by atoms with Crippen molar-refractivity contribution >= 4 is 17.5 Å². The number of hydrogen-bond acceptors (Lipinski definition) is 2. The van der Waals surface area contributed by atoms with E-state index in [2.05, 4.69) is 30.8 Å². The Hall–Kier alpha value is -1.29. The molecule has 0 unspecified atom stereocenters. The number of carbonyl (C=O) groups excluding carboxylic acids is 1. The molecular weight excluding hydrogens is 310 g/mol. The molecule has 2 saturated carbocycles. The van der Waals surface area contributed by atoms with Crippen LogP contribution in [0.2, 0.25) is 5.02 Å². The maximum Gasteiger partial charge on any atom is 0.230 e. The second kappa shape index (κ2) is 5.37. The van der Waals surface area contributed by atoms with Crippen LogP contribution in [0, 0.1) is 30.6 Å². The van der Waals surface area contributed by atoms with E-state index in [0.29, 0.717) is 24.0 Å². The molecular formula is C18H26ClN3O. The highest BCUT2D eigenvalue weighted by atomic mass is 35.5. The van der Waals surface area contributed by atoms with E-state index < -0.39 is 0 Å². The summed E-state index contributed by atoms with van der Waals surface area (Å²) in [5.74, 6) is 0.735. The largest absolute Gasteiger partial charge is 0.353 e. The number of fused-ring (bicyclic) bond motifs is 2. The molecule has 0 saturated heterocycles. The highest BCUT2D eigenvalue weighted by molar-refractivity contribution is 6.31. The number of nitrogens with one attached hydrogen (secondary N) is 1. The van der Waals surface area contributed by atoms with Crippen LogP contribution in [0.5, 0.6) is 0 Å².